The Morgan fingerprint density at radius 2 is 1.85 bits per heavy atom. The lowest BCUT2D eigenvalue weighted by atomic mass is 9.68. The Hall–Kier alpha value is -2.75. The van der Waals surface area contributed by atoms with E-state index in [2.05, 4.69) is 37.5 Å². The molecule has 2 saturated heterocycles. The van der Waals surface area contributed by atoms with Crippen LogP contribution in [-0.4, -0.2) is 61.0 Å². The van der Waals surface area contributed by atoms with Crippen LogP contribution in [0.1, 0.15) is 71.8 Å². The lowest BCUT2D eigenvalue weighted by Gasteiger charge is -2.42. The van der Waals surface area contributed by atoms with Crippen LogP contribution < -0.4 is 10.6 Å². The second-order valence-corrected chi connectivity index (χ2v) is 11.5. The third-order valence-electron chi connectivity index (χ3n) is 8.10. The number of nitrogens with one attached hydrogen (secondary N) is 2. The van der Waals surface area contributed by atoms with Gasteiger partial charge in [0.25, 0.3) is 0 Å². The predicted octanol–water partition coefficient (Wildman–Crippen LogP) is 4.69. The molecule has 39 heavy (non-hydrogen) atoms. The highest BCUT2D eigenvalue weighted by atomic mass is 16.6. The summed E-state index contributed by atoms with van der Waals surface area (Å²) in [5, 5.41) is 5.65. The van der Waals surface area contributed by atoms with Gasteiger partial charge in [0.15, 0.2) is 0 Å². The number of carbonyl (C=O) groups excluding carboxylic acids is 3. The maximum absolute atomic E-state index is 12.8. The van der Waals surface area contributed by atoms with Crippen LogP contribution >= 0.6 is 0 Å². The zero-order chi connectivity index (χ0) is 28.2. The molecule has 1 aliphatic carbocycles. The Morgan fingerprint density at radius 1 is 1.13 bits per heavy atom. The highest BCUT2D eigenvalue weighted by Gasteiger charge is 2.72. The van der Waals surface area contributed by atoms with Gasteiger partial charge in [-0.2, -0.15) is 0 Å². The van der Waals surface area contributed by atoms with E-state index in [0.29, 0.717) is 38.0 Å². The predicted molar refractivity (Wildman–Crippen MR) is 146 cm³/mol. The van der Waals surface area contributed by atoms with Gasteiger partial charge in [-0.15, -0.1) is 0 Å². The number of hydrogen-bond donors (Lipinski definition) is 2. The molecule has 3 aliphatic rings. The van der Waals surface area contributed by atoms with Crippen molar-refractivity contribution in [3.8, 4) is 0 Å². The van der Waals surface area contributed by atoms with Gasteiger partial charge in [0.1, 0.15) is 29.2 Å². The molecule has 0 radical (unpaired) electrons. The van der Waals surface area contributed by atoms with Gasteiger partial charge in [0, 0.05) is 32.2 Å². The van der Waals surface area contributed by atoms with E-state index in [1.807, 2.05) is 12.1 Å². The van der Waals surface area contributed by atoms with Crippen molar-refractivity contribution in [1.29, 1.82) is 0 Å². The van der Waals surface area contributed by atoms with Crippen LogP contribution in [0.25, 0.3) is 0 Å². The van der Waals surface area contributed by atoms with Crippen molar-refractivity contribution in [1.82, 2.24) is 5.32 Å². The number of epoxide rings is 2. The number of amides is 2. The van der Waals surface area contributed by atoms with Crippen LogP contribution in [0.2, 0.25) is 0 Å². The van der Waals surface area contributed by atoms with Crippen LogP contribution in [0.3, 0.4) is 0 Å². The second kappa shape index (κ2) is 12.2. The van der Waals surface area contributed by atoms with E-state index in [1.165, 1.54) is 12.5 Å². The zero-order valence-electron chi connectivity index (χ0n) is 23.7. The van der Waals surface area contributed by atoms with Crippen LogP contribution in [0.4, 0.5) is 10.5 Å². The molecule has 3 fully saturated rings. The normalized spacial score (nSPS) is 30.8. The summed E-state index contributed by atoms with van der Waals surface area (Å²) in [5.41, 5.74) is 2.15. The Balaban J connectivity index is 1.28. The number of rotatable bonds is 12. The van der Waals surface area contributed by atoms with Gasteiger partial charge < -0.3 is 34.4 Å². The van der Waals surface area contributed by atoms with Gasteiger partial charge in [0.2, 0.25) is 5.91 Å². The van der Waals surface area contributed by atoms with Gasteiger partial charge in [-0.25, -0.2) is 4.79 Å². The smallest absolute Gasteiger partial charge is 0.407 e. The van der Waals surface area contributed by atoms with E-state index in [0.717, 1.165) is 18.4 Å². The first-order valence-corrected chi connectivity index (χ1v) is 13.9. The first kappa shape index (κ1) is 29.2. The molecular weight excluding hydrogens is 500 g/mol. The number of carbonyl (C=O) groups is 3. The van der Waals surface area contributed by atoms with Crippen LogP contribution in [0.5, 0.6) is 0 Å². The number of anilines is 1. The highest BCUT2D eigenvalue weighted by Crippen LogP contribution is 2.59. The number of alkyl carbamates (subject to hydrolysis) is 1. The first-order chi connectivity index (χ1) is 18.6. The number of Topliss-reactive ketones (excluding diaryl/α,β-unsaturated/α-hetero) is 1. The molecular formula is C30H42N2O7. The van der Waals surface area contributed by atoms with Crippen molar-refractivity contribution in [3.05, 3.63) is 41.5 Å². The summed E-state index contributed by atoms with van der Waals surface area (Å²) >= 11 is 0. The summed E-state index contributed by atoms with van der Waals surface area (Å²) in [6.45, 7) is 8.78. The van der Waals surface area contributed by atoms with E-state index >= 15 is 0 Å². The van der Waals surface area contributed by atoms with Crippen molar-refractivity contribution in [2.24, 2.45) is 5.92 Å². The molecule has 1 spiro atoms. The molecule has 4 rings (SSSR count). The zero-order valence-corrected chi connectivity index (χ0v) is 23.7. The molecule has 2 amide bonds. The molecule has 0 aromatic heterocycles. The van der Waals surface area contributed by atoms with E-state index in [-0.39, 0.29) is 47.6 Å². The highest BCUT2D eigenvalue weighted by molar-refractivity contribution is 5.91. The summed E-state index contributed by atoms with van der Waals surface area (Å²) in [6, 6.07) is 7.25. The largest absolute Gasteiger partial charge is 0.443 e. The molecule has 1 aromatic carbocycles. The van der Waals surface area contributed by atoms with Gasteiger partial charge in [-0.3, -0.25) is 4.79 Å². The van der Waals surface area contributed by atoms with Crippen molar-refractivity contribution < 1.29 is 33.3 Å². The quantitative estimate of drug-likeness (QED) is 0.291. The molecule has 1 unspecified atom stereocenters. The first-order valence-electron chi connectivity index (χ1n) is 13.9. The molecule has 1 saturated carbocycles. The molecule has 214 valence electrons. The van der Waals surface area contributed by atoms with Crippen LogP contribution in [0.15, 0.2) is 35.9 Å². The summed E-state index contributed by atoms with van der Waals surface area (Å²) < 4.78 is 24.0. The Morgan fingerprint density at radius 3 is 2.46 bits per heavy atom. The molecule has 9 nitrogen and oxygen atoms in total. The molecule has 1 aromatic rings. The SMILES string of the molecule is CO[C@H]1[C@H](C2(C)O[C@@H]2CC=C(C)C)[C@]2(CC[C@H]1OC(=O)NCc1ccc(NC(=O)CCCC(C)=O)cc1)CO2. The fourth-order valence-corrected chi connectivity index (χ4v) is 5.85. The van der Waals surface area contributed by atoms with E-state index in [9.17, 15) is 14.4 Å². The maximum Gasteiger partial charge on any atom is 0.407 e. The molecule has 6 atom stereocenters. The average molecular weight is 543 g/mol. The Kier molecular flexibility index (Phi) is 9.14. The van der Waals surface area contributed by atoms with Crippen LogP contribution in [0, 0.1) is 5.92 Å². The number of ether oxygens (including phenoxy) is 4. The minimum atomic E-state index is -0.501. The molecule has 2 heterocycles. The number of methoxy groups -OCH3 is 1. The summed E-state index contributed by atoms with van der Waals surface area (Å²) in [4.78, 5) is 35.8. The fraction of sp³-hybridized carbons (Fsp3) is 0.633. The standard InChI is InChI=1S/C30H42N2O7/c1-19(2)9-14-24-29(4,39-24)27-26(36-5)23(15-16-30(27)18-37-30)38-28(35)31-17-21-10-12-22(13-11-21)32-25(34)8-6-7-20(3)33/h9-13,23-24,26-27H,6-8,14-18H2,1-5H3,(H,31,35)(H,32,34)/t23-,24-,26-,27-,29?,30+/m1/s1. The number of ketones is 1. The topological polar surface area (TPSA) is 119 Å². The van der Waals surface area contributed by atoms with Crippen LogP contribution in [-0.2, 0) is 35.1 Å². The maximum atomic E-state index is 12.8. The minimum Gasteiger partial charge on any atom is -0.443 e. The molecule has 9 heteroatoms. The summed E-state index contributed by atoms with van der Waals surface area (Å²) in [6.07, 6.45) is 4.60. The monoisotopic (exact) mass is 542 g/mol. The second-order valence-electron chi connectivity index (χ2n) is 11.5. The number of benzene rings is 1. The summed E-state index contributed by atoms with van der Waals surface area (Å²) in [7, 11) is 1.66. The molecule has 2 N–H and O–H groups in total. The van der Waals surface area contributed by atoms with Gasteiger partial charge in [-0.05, 0) is 71.1 Å². The lowest BCUT2D eigenvalue weighted by Crippen LogP contribution is -2.56. The molecule has 2 aliphatic heterocycles. The van der Waals surface area contributed by atoms with E-state index in [4.69, 9.17) is 18.9 Å². The third kappa shape index (κ3) is 7.26. The van der Waals surface area contributed by atoms with Crippen molar-refractivity contribution in [3.63, 3.8) is 0 Å². The van der Waals surface area contributed by atoms with Gasteiger partial charge in [-0.1, -0.05) is 23.8 Å². The fourth-order valence-electron chi connectivity index (χ4n) is 5.85. The third-order valence-corrected chi connectivity index (χ3v) is 8.10. The number of hydrogen-bond acceptors (Lipinski definition) is 7. The van der Waals surface area contributed by atoms with Crippen molar-refractivity contribution in [2.75, 3.05) is 19.0 Å². The average Bonchev–Trinajstić information content (AvgIpc) is 3.80. The van der Waals surface area contributed by atoms with Crippen molar-refractivity contribution in [2.45, 2.75) is 102 Å². The van der Waals surface area contributed by atoms with Gasteiger partial charge >= 0.3 is 6.09 Å². The van der Waals surface area contributed by atoms with E-state index in [1.54, 1.807) is 19.2 Å². The summed E-state index contributed by atoms with van der Waals surface area (Å²) in [5.74, 6) is -0.0753. The molecule has 0 bridgehead atoms. The van der Waals surface area contributed by atoms with Gasteiger partial charge in [0.05, 0.1) is 18.6 Å². The van der Waals surface area contributed by atoms with Crippen molar-refractivity contribution >= 4 is 23.5 Å². The minimum absolute atomic E-state index is 0.0256. The lowest BCUT2D eigenvalue weighted by molar-refractivity contribution is -0.118. The van der Waals surface area contributed by atoms with E-state index < -0.39 is 12.2 Å². The Labute approximate surface area is 231 Å². The number of allylic oxidation sites excluding steroid dienone is 1. The Bertz CT molecular complexity index is 1080.